The third-order valence-corrected chi connectivity index (χ3v) is 2.66. The molecule has 7 heteroatoms. The second kappa shape index (κ2) is 5.95. The van der Waals surface area contributed by atoms with E-state index in [1.165, 1.54) is 6.33 Å². The molecule has 1 atom stereocenters. The topological polar surface area (TPSA) is 88.5 Å². The summed E-state index contributed by atoms with van der Waals surface area (Å²) in [6.45, 7) is 2.43. The Morgan fingerprint density at radius 2 is 2.50 bits per heavy atom. The Kier molecular flexibility index (Phi) is 4.06. The minimum absolute atomic E-state index is 0.0312. The fraction of sp³-hybridized carbons (Fsp3) is 0.455. The highest BCUT2D eigenvalue weighted by molar-refractivity contribution is 5.79. The molecule has 0 radical (unpaired) electrons. The predicted molar refractivity (Wildman–Crippen MR) is 64.7 cm³/mol. The van der Waals surface area contributed by atoms with Gasteiger partial charge in [0.25, 0.3) is 0 Å². The summed E-state index contributed by atoms with van der Waals surface area (Å²) in [4.78, 5) is 15.8. The fourth-order valence-corrected chi connectivity index (χ4v) is 1.60. The van der Waals surface area contributed by atoms with Crippen LogP contribution < -0.4 is 5.32 Å². The molecule has 1 amide bonds. The largest absolute Gasteiger partial charge is 0.354 e. The van der Waals surface area contributed by atoms with Crippen molar-refractivity contribution in [3.63, 3.8) is 0 Å². The van der Waals surface area contributed by atoms with E-state index in [4.69, 9.17) is 0 Å². The van der Waals surface area contributed by atoms with Gasteiger partial charge in [-0.1, -0.05) is 0 Å². The lowest BCUT2D eigenvalue weighted by Gasteiger charge is -2.12. The number of amides is 1. The molecule has 0 aliphatic rings. The lowest BCUT2D eigenvalue weighted by atomic mass is 10.2. The van der Waals surface area contributed by atoms with Crippen LogP contribution >= 0.6 is 0 Å². The van der Waals surface area contributed by atoms with Gasteiger partial charge in [0.05, 0.1) is 0 Å². The lowest BCUT2D eigenvalue weighted by molar-refractivity contribution is -0.124. The van der Waals surface area contributed by atoms with E-state index in [1.807, 2.05) is 6.92 Å². The van der Waals surface area contributed by atoms with E-state index in [2.05, 4.69) is 25.6 Å². The zero-order valence-corrected chi connectivity index (χ0v) is 10.2. The van der Waals surface area contributed by atoms with E-state index >= 15 is 0 Å². The maximum absolute atomic E-state index is 11.8. The number of hydrogen-bond donors (Lipinski definition) is 2. The van der Waals surface area contributed by atoms with Crippen LogP contribution in [0.25, 0.3) is 0 Å². The smallest absolute Gasteiger partial charge is 0.244 e. The second-order valence-corrected chi connectivity index (χ2v) is 3.99. The summed E-state index contributed by atoms with van der Waals surface area (Å²) >= 11 is 0. The number of carbonyl (C=O) groups excluding carboxylic acids is 1. The van der Waals surface area contributed by atoms with E-state index in [0.717, 1.165) is 18.7 Å². The van der Waals surface area contributed by atoms with Crippen molar-refractivity contribution in [2.75, 3.05) is 6.54 Å². The van der Waals surface area contributed by atoms with Gasteiger partial charge in [0.15, 0.2) is 0 Å². The highest BCUT2D eigenvalue weighted by Gasteiger charge is 2.13. The van der Waals surface area contributed by atoms with Crippen molar-refractivity contribution in [2.24, 2.45) is 0 Å². The summed E-state index contributed by atoms with van der Waals surface area (Å²) in [6, 6.07) is 1.51. The molecule has 2 N–H and O–H groups in total. The first kappa shape index (κ1) is 12.3. The van der Waals surface area contributed by atoms with E-state index in [0.29, 0.717) is 6.54 Å². The van der Waals surface area contributed by atoms with Crippen molar-refractivity contribution in [1.82, 2.24) is 30.3 Å². The summed E-state index contributed by atoms with van der Waals surface area (Å²) in [6.07, 6.45) is 6.52. The molecule has 0 fully saturated rings. The van der Waals surface area contributed by atoms with Crippen LogP contribution in [0.1, 0.15) is 25.2 Å². The molecule has 1 unspecified atom stereocenters. The van der Waals surface area contributed by atoms with Crippen LogP contribution in [0.3, 0.4) is 0 Å². The quantitative estimate of drug-likeness (QED) is 0.720. The first-order chi connectivity index (χ1) is 8.77. The summed E-state index contributed by atoms with van der Waals surface area (Å²) in [7, 11) is 0. The van der Waals surface area contributed by atoms with Crippen molar-refractivity contribution in [2.45, 2.75) is 25.8 Å². The lowest BCUT2D eigenvalue weighted by Crippen LogP contribution is -2.32. The minimum atomic E-state index is -0.287. The zero-order chi connectivity index (χ0) is 12.8. The molecule has 96 valence electrons. The maximum atomic E-state index is 11.8. The molecule has 2 rings (SSSR count). The summed E-state index contributed by atoms with van der Waals surface area (Å²) in [5, 5.41) is 13.5. The van der Waals surface area contributed by atoms with Gasteiger partial charge in [-0.05, 0) is 19.4 Å². The van der Waals surface area contributed by atoms with E-state index in [1.54, 1.807) is 23.1 Å². The Morgan fingerprint density at radius 3 is 3.17 bits per heavy atom. The highest BCUT2D eigenvalue weighted by Crippen LogP contribution is 2.02. The van der Waals surface area contributed by atoms with Crippen molar-refractivity contribution >= 4 is 5.91 Å². The molecular formula is C11H16N6O. The van der Waals surface area contributed by atoms with Crippen LogP contribution in [-0.2, 0) is 11.2 Å². The van der Waals surface area contributed by atoms with Gasteiger partial charge in [0.1, 0.15) is 18.2 Å². The predicted octanol–water partition coefficient (Wildman–Crippen LogP) is 0.311. The monoisotopic (exact) mass is 248 g/mol. The molecule has 0 aromatic carbocycles. The van der Waals surface area contributed by atoms with Gasteiger partial charge < -0.3 is 5.32 Å². The normalized spacial score (nSPS) is 12.3. The molecule has 18 heavy (non-hydrogen) atoms. The van der Waals surface area contributed by atoms with Gasteiger partial charge >= 0.3 is 0 Å². The molecule has 0 saturated heterocycles. The Bertz CT molecular complexity index is 464. The first-order valence-electron chi connectivity index (χ1n) is 5.88. The number of aromatic amines is 1. The number of hydrogen-bond acceptors (Lipinski definition) is 4. The Morgan fingerprint density at radius 1 is 1.61 bits per heavy atom. The van der Waals surface area contributed by atoms with Gasteiger partial charge in [0, 0.05) is 25.4 Å². The Labute approximate surface area is 105 Å². The standard InChI is InChI=1S/C11H16N6O/c1-9(17-7-3-6-15-17)11(18)12-5-2-4-10-13-8-14-16-10/h3,6-9H,2,4-5H2,1H3,(H,12,18)(H,13,14,16). The van der Waals surface area contributed by atoms with Gasteiger partial charge in [-0.3, -0.25) is 14.6 Å². The van der Waals surface area contributed by atoms with Crippen LogP contribution in [0, 0.1) is 0 Å². The average molecular weight is 248 g/mol. The summed E-state index contributed by atoms with van der Waals surface area (Å²) < 4.78 is 1.63. The van der Waals surface area contributed by atoms with E-state index in [9.17, 15) is 4.79 Å². The van der Waals surface area contributed by atoms with Crippen LogP contribution in [0.15, 0.2) is 24.8 Å². The molecule has 2 aromatic heterocycles. The number of carbonyl (C=O) groups is 1. The summed E-state index contributed by atoms with van der Waals surface area (Å²) in [5.74, 6) is 0.806. The van der Waals surface area contributed by atoms with Gasteiger partial charge in [-0.15, -0.1) is 0 Å². The van der Waals surface area contributed by atoms with Crippen LogP contribution in [0.2, 0.25) is 0 Å². The van der Waals surface area contributed by atoms with Crippen LogP contribution in [-0.4, -0.2) is 37.4 Å². The zero-order valence-electron chi connectivity index (χ0n) is 10.2. The number of H-pyrrole nitrogens is 1. The van der Waals surface area contributed by atoms with Crippen molar-refractivity contribution in [3.8, 4) is 0 Å². The fourth-order valence-electron chi connectivity index (χ4n) is 1.60. The number of nitrogens with zero attached hydrogens (tertiary/aromatic N) is 4. The first-order valence-corrected chi connectivity index (χ1v) is 5.88. The van der Waals surface area contributed by atoms with Crippen LogP contribution in [0.4, 0.5) is 0 Å². The van der Waals surface area contributed by atoms with Crippen LogP contribution in [0.5, 0.6) is 0 Å². The second-order valence-electron chi connectivity index (χ2n) is 3.99. The molecule has 2 heterocycles. The number of nitrogens with one attached hydrogen (secondary N) is 2. The number of aryl methyl sites for hydroxylation is 1. The van der Waals surface area contributed by atoms with Gasteiger partial charge in [-0.25, -0.2) is 4.98 Å². The molecule has 0 aliphatic carbocycles. The van der Waals surface area contributed by atoms with E-state index in [-0.39, 0.29) is 11.9 Å². The van der Waals surface area contributed by atoms with Crippen molar-refractivity contribution in [3.05, 3.63) is 30.6 Å². The van der Waals surface area contributed by atoms with E-state index < -0.39 is 0 Å². The molecule has 0 spiro atoms. The van der Waals surface area contributed by atoms with Gasteiger partial charge in [-0.2, -0.15) is 10.2 Å². The highest BCUT2D eigenvalue weighted by atomic mass is 16.2. The molecular weight excluding hydrogens is 232 g/mol. The Balaban J connectivity index is 1.69. The number of aromatic nitrogens is 5. The van der Waals surface area contributed by atoms with Crippen molar-refractivity contribution in [1.29, 1.82) is 0 Å². The molecule has 2 aromatic rings. The Hall–Kier alpha value is -2.18. The third kappa shape index (κ3) is 3.16. The van der Waals surface area contributed by atoms with Crippen molar-refractivity contribution < 1.29 is 4.79 Å². The number of rotatable bonds is 6. The molecule has 0 aliphatic heterocycles. The maximum Gasteiger partial charge on any atom is 0.244 e. The minimum Gasteiger partial charge on any atom is -0.354 e. The SMILES string of the molecule is CC(C(=O)NCCCc1ncn[nH]1)n1cccn1. The molecule has 0 saturated carbocycles. The molecule has 0 bridgehead atoms. The van der Waals surface area contributed by atoms with Gasteiger partial charge in [0.2, 0.25) is 5.91 Å². The third-order valence-electron chi connectivity index (χ3n) is 2.66. The average Bonchev–Trinajstić information content (AvgIpc) is 3.05. The summed E-state index contributed by atoms with van der Waals surface area (Å²) in [5.41, 5.74) is 0. The molecule has 7 nitrogen and oxygen atoms in total.